The van der Waals surface area contributed by atoms with Gasteiger partial charge >= 0.3 is 0 Å². The number of benzene rings is 2. The van der Waals surface area contributed by atoms with Gasteiger partial charge in [-0.1, -0.05) is 63.8 Å². The normalized spacial score (nSPS) is 12.5. The fourth-order valence-electron chi connectivity index (χ4n) is 3.70. The Morgan fingerprint density at radius 3 is 1.93 bits per heavy atom. The molecular formula is C24H30N2O2. The molecule has 2 aromatic rings. The quantitative estimate of drug-likeness (QED) is 0.447. The SMILES string of the molecule is CCCCCNc1ccc2c(c1NCCCCC)C(=O)c1ccccc1C2=O. The molecule has 0 saturated heterocycles. The van der Waals surface area contributed by atoms with Crippen LogP contribution in [0.25, 0.3) is 0 Å². The monoisotopic (exact) mass is 378 g/mol. The van der Waals surface area contributed by atoms with Crippen molar-refractivity contribution in [3.63, 3.8) is 0 Å². The summed E-state index contributed by atoms with van der Waals surface area (Å²) < 4.78 is 0. The summed E-state index contributed by atoms with van der Waals surface area (Å²) in [5.41, 5.74) is 3.70. The van der Waals surface area contributed by atoms with Crippen molar-refractivity contribution in [3.8, 4) is 0 Å². The molecule has 0 fully saturated rings. The van der Waals surface area contributed by atoms with Crippen LogP contribution in [-0.2, 0) is 0 Å². The number of ketones is 2. The van der Waals surface area contributed by atoms with Crippen LogP contribution >= 0.6 is 0 Å². The molecule has 2 N–H and O–H groups in total. The predicted molar refractivity (Wildman–Crippen MR) is 116 cm³/mol. The lowest BCUT2D eigenvalue weighted by atomic mass is 9.82. The van der Waals surface area contributed by atoms with Gasteiger partial charge in [-0.2, -0.15) is 0 Å². The molecule has 0 radical (unpaired) electrons. The fraction of sp³-hybridized carbons (Fsp3) is 0.417. The molecule has 4 heteroatoms. The predicted octanol–water partition coefficient (Wildman–Crippen LogP) is 5.67. The molecule has 1 aliphatic rings. The zero-order valence-corrected chi connectivity index (χ0v) is 16.9. The van der Waals surface area contributed by atoms with Crippen LogP contribution in [0.4, 0.5) is 11.4 Å². The summed E-state index contributed by atoms with van der Waals surface area (Å²) in [6, 6.07) is 10.8. The van der Waals surface area contributed by atoms with Gasteiger partial charge in [0.15, 0.2) is 11.6 Å². The third-order valence-electron chi connectivity index (χ3n) is 5.27. The Kier molecular flexibility index (Phi) is 6.85. The molecule has 148 valence electrons. The molecule has 0 atom stereocenters. The van der Waals surface area contributed by atoms with Gasteiger partial charge in [-0.25, -0.2) is 0 Å². The first-order valence-electron chi connectivity index (χ1n) is 10.5. The highest BCUT2D eigenvalue weighted by molar-refractivity contribution is 6.30. The second-order valence-corrected chi connectivity index (χ2v) is 7.38. The number of unbranched alkanes of at least 4 members (excludes halogenated alkanes) is 4. The number of rotatable bonds is 10. The summed E-state index contributed by atoms with van der Waals surface area (Å²) in [4.78, 5) is 26.3. The first-order valence-corrected chi connectivity index (χ1v) is 10.5. The molecule has 0 bridgehead atoms. The van der Waals surface area contributed by atoms with Gasteiger partial charge in [0.25, 0.3) is 0 Å². The number of hydrogen-bond acceptors (Lipinski definition) is 4. The van der Waals surface area contributed by atoms with Gasteiger partial charge in [0.05, 0.1) is 16.9 Å². The fourth-order valence-corrected chi connectivity index (χ4v) is 3.70. The molecule has 0 heterocycles. The zero-order chi connectivity index (χ0) is 19.9. The van der Waals surface area contributed by atoms with E-state index in [-0.39, 0.29) is 11.6 Å². The second kappa shape index (κ2) is 9.54. The maximum atomic E-state index is 13.3. The molecule has 0 unspecified atom stereocenters. The van der Waals surface area contributed by atoms with Crippen LogP contribution in [0.3, 0.4) is 0 Å². The van der Waals surface area contributed by atoms with Crippen molar-refractivity contribution in [1.82, 2.24) is 0 Å². The lowest BCUT2D eigenvalue weighted by Gasteiger charge is -2.23. The van der Waals surface area contributed by atoms with Crippen LogP contribution < -0.4 is 10.6 Å². The van der Waals surface area contributed by atoms with E-state index in [0.29, 0.717) is 22.3 Å². The summed E-state index contributed by atoms with van der Waals surface area (Å²) in [6.45, 7) is 6.00. The summed E-state index contributed by atoms with van der Waals surface area (Å²) in [7, 11) is 0. The molecule has 0 amide bonds. The van der Waals surface area contributed by atoms with Crippen molar-refractivity contribution in [3.05, 3.63) is 58.7 Å². The third kappa shape index (κ3) is 4.11. The zero-order valence-electron chi connectivity index (χ0n) is 16.9. The highest BCUT2D eigenvalue weighted by Crippen LogP contribution is 2.36. The standard InChI is InChI=1S/C24H30N2O2/c1-3-5-9-15-25-20-14-13-19-21(22(20)26-16-10-6-4-2)24(28)18-12-8-7-11-17(18)23(19)27/h7-8,11-14,25-26H,3-6,9-10,15-16H2,1-2H3. The van der Waals surface area contributed by atoms with Crippen molar-refractivity contribution in [2.24, 2.45) is 0 Å². The lowest BCUT2D eigenvalue weighted by molar-refractivity contribution is 0.0979. The number of carbonyl (C=O) groups is 2. The molecule has 1 aliphatic carbocycles. The van der Waals surface area contributed by atoms with Crippen molar-refractivity contribution in [1.29, 1.82) is 0 Å². The van der Waals surface area contributed by atoms with Crippen molar-refractivity contribution in [2.45, 2.75) is 52.4 Å². The molecule has 0 spiro atoms. The molecule has 28 heavy (non-hydrogen) atoms. The first kappa shape index (κ1) is 20.1. The maximum Gasteiger partial charge on any atom is 0.196 e. The van der Waals surface area contributed by atoms with E-state index in [1.54, 1.807) is 18.2 Å². The number of nitrogens with one attached hydrogen (secondary N) is 2. The smallest absolute Gasteiger partial charge is 0.196 e. The van der Waals surface area contributed by atoms with Gasteiger partial charge in [-0.15, -0.1) is 0 Å². The highest BCUT2D eigenvalue weighted by Gasteiger charge is 2.32. The van der Waals surface area contributed by atoms with Crippen LogP contribution in [0.2, 0.25) is 0 Å². The van der Waals surface area contributed by atoms with E-state index in [1.165, 1.54) is 6.42 Å². The number of hydrogen-bond donors (Lipinski definition) is 2. The Morgan fingerprint density at radius 1 is 0.679 bits per heavy atom. The van der Waals surface area contributed by atoms with E-state index in [2.05, 4.69) is 24.5 Å². The van der Waals surface area contributed by atoms with E-state index in [1.807, 2.05) is 18.2 Å². The molecule has 2 aromatic carbocycles. The number of carbonyl (C=O) groups excluding carboxylic acids is 2. The number of fused-ring (bicyclic) bond motifs is 2. The minimum Gasteiger partial charge on any atom is -0.383 e. The van der Waals surface area contributed by atoms with Crippen molar-refractivity contribution in [2.75, 3.05) is 23.7 Å². The van der Waals surface area contributed by atoms with E-state index in [9.17, 15) is 9.59 Å². The highest BCUT2D eigenvalue weighted by atomic mass is 16.1. The van der Waals surface area contributed by atoms with E-state index in [0.717, 1.165) is 56.6 Å². The Labute approximate surface area is 167 Å². The van der Waals surface area contributed by atoms with E-state index < -0.39 is 0 Å². The largest absolute Gasteiger partial charge is 0.383 e. The van der Waals surface area contributed by atoms with Gasteiger partial charge in [0.2, 0.25) is 0 Å². The Morgan fingerprint density at radius 2 is 1.29 bits per heavy atom. The van der Waals surface area contributed by atoms with Crippen LogP contribution in [-0.4, -0.2) is 24.7 Å². The Bertz CT molecular complexity index is 858. The number of anilines is 2. The molecule has 4 nitrogen and oxygen atoms in total. The average molecular weight is 379 g/mol. The maximum absolute atomic E-state index is 13.3. The Hall–Kier alpha value is -2.62. The van der Waals surface area contributed by atoms with Gasteiger partial charge < -0.3 is 10.6 Å². The van der Waals surface area contributed by atoms with Crippen LogP contribution in [0.5, 0.6) is 0 Å². The van der Waals surface area contributed by atoms with Gasteiger partial charge in [0.1, 0.15) is 0 Å². The molecule has 0 aromatic heterocycles. The third-order valence-corrected chi connectivity index (χ3v) is 5.27. The van der Waals surface area contributed by atoms with Crippen molar-refractivity contribution >= 4 is 22.9 Å². The van der Waals surface area contributed by atoms with Gasteiger partial charge in [-0.3, -0.25) is 9.59 Å². The lowest BCUT2D eigenvalue weighted by Crippen LogP contribution is -2.23. The van der Waals surface area contributed by atoms with Crippen molar-refractivity contribution < 1.29 is 9.59 Å². The molecule has 0 saturated carbocycles. The minimum absolute atomic E-state index is 0.0691. The van der Waals surface area contributed by atoms with Crippen LogP contribution in [0.1, 0.15) is 84.2 Å². The van der Waals surface area contributed by atoms with E-state index in [4.69, 9.17) is 0 Å². The summed E-state index contributed by atoms with van der Waals surface area (Å²) in [5.74, 6) is -0.139. The minimum atomic E-state index is -0.0701. The summed E-state index contributed by atoms with van der Waals surface area (Å²) in [5, 5.41) is 6.94. The first-order chi connectivity index (χ1) is 13.7. The van der Waals surface area contributed by atoms with Crippen LogP contribution in [0.15, 0.2) is 36.4 Å². The van der Waals surface area contributed by atoms with E-state index >= 15 is 0 Å². The Balaban J connectivity index is 1.97. The summed E-state index contributed by atoms with van der Waals surface area (Å²) >= 11 is 0. The summed E-state index contributed by atoms with van der Waals surface area (Å²) in [6.07, 6.45) is 6.73. The van der Waals surface area contributed by atoms with Gasteiger partial charge in [0, 0.05) is 29.8 Å². The average Bonchev–Trinajstić information content (AvgIpc) is 2.72. The molecule has 0 aliphatic heterocycles. The second-order valence-electron chi connectivity index (χ2n) is 7.38. The molecular weight excluding hydrogens is 348 g/mol. The van der Waals surface area contributed by atoms with Gasteiger partial charge in [-0.05, 0) is 25.0 Å². The van der Waals surface area contributed by atoms with Crippen LogP contribution in [0, 0.1) is 0 Å². The topological polar surface area (TPSA) is 58.2 Å². The molecule has 3 rings (SSSR count).